The number of carbonyl (C=O) groups is 1. The van der Waals surface area contributed by atoms with Gasteiger partial charge in [0.25, 0.3) is 0 Å². The quantitative estimate of drug-likeness (QED) is 0.703. The van der Waals surface area contributed by atoms with Gasteiger partial charge in [-0.15, -0.1) is 0 Å². The molecule has 0 aromatic rings. The van der Waals surface area contributed by atoms with Gasteiger partial charge in [-0.2, -0.15) is 0 Å². The Labute approximate surface area is 93.0 Å². The van der Waals surface area contributed by atoms with E-state index in [-0.39, 0.29) is 5.91 Å². The predicted octanol–water partition coefficient (Wildman–Crippen LogP) is 1.68. The highest BCUT2D eigenvalue weighted by molar-refractivity contribution is 5.77. The summed E-state index contributed by atoms with van der Waals surface area (Å²) in [5, 5.41) is 6.20. The summed E-state index contributed by atoms with van der Waals surface area (Å²) in [4.78, 5) is 11.3. The minimum absolute atomic E-state index is 0.127. The summed E-state index contributed by atoms with van der Waals surface area (Å²) >= 11 is 0. The third-order valence-electron chi connectivity index (χ3n) is 3.26. The molecule has 1 fully saturated rings. The van der Waals surface area contributed by atoms with Crippen LogP contribution in [0.1, 0.15) is 46.0 Å². The normalized spacial score (nSPS) is 19.1. The Morgan fingerprint density at radius 2 is 2.07 bits per heavy atom. The first-order valence-corrected chi connectivity index (χ1v) is 6.24. The van der Waals surface area contributed by atoms with Crippen molar-refractivity contribution in [2.45, 2.75) is 52.0 Å². The zero-order chi connectivity index (χ0) is 11.1. The van der Waals surface area contributed by atoms with Crippen LogP contribution < -0.4 is 10.6 Å². The van der Waals surface area contributed by atoms with Crippen LogP contribution in [0.15, 0.2) is 0 Å². The molecule has 0 bridgehead atoms. The van der Waals surface area contributed by atoms with Gasteiger partial charge in [-0.3, -0.25) is 4.79 Å². The second-order valence-corrected chi connectivity index (χ2v) is 4.56. The van der Waals surface area contributed by atoms with Gasteiger partial charge in [0.2, 0.25) is 5.91 Å². The largest absolute Gasteiger partial charge is 0.355 e. The molecule has 15 heavy (non-hydrogen) atoms. The molecule has 1 atom stereocenters. The number of hydrogen-bond donors (Lipinski definition) is 2. The molecule has 0 saturated heterocycles. The summed E-state index contributed by atoms with van der Waals surface area (Å²) in [5.74, 6) is 0.908. The van der Waals surface area contributed by atoms with Crippen molar-refractivity contribution in [1.82, 2.24) is 10.6 Å². The number of carbonyl (C=O) groups excluding carboxylic acids is 1. The molecule has 0 aliphatic heterocycles. The Bertz CT molecular complexity index is 188. The molecule has 0 aromatic carbocycles. The predicted molar refractivity (Wildman–Crippen MR) is 62.7 cm³/mol. The van der Waals surface area contributed by atoms with Crippen LogP contribution >= 0.6 is 0 Å². The molecule has 1 amide bonds. The first-order chi connectivity index (χ1) is 7.24. The topological polar surface area (TPSA) is 41.1 Å². The minimum Gasteiger partial charge on any atom is -0.355 e. The van der Waals surface area contributed by atoms with Crippen LogP contribution in [0.2, 0.25) is 0 Å². The molecule has 0 aromatic heterocycles. The van der Waals surface area contributed by atoms with Crippen LogP contribution in [-0.4, -0.2) is 25.0 Å². The fourth-order valence-electron chi connectivity index (χ4n) is 2.20. The Hall–Kier alpha value is -0.570. The van der Waals surface area contributed by atoms with E-state index >= 15 is 0 Å². The van der Waals surface area contributed by atoms with Gasteiger partial charge < -0.3 is 10.6 Å². The SMILES string of the molecule is CCCNC(=O)CN[C@H](C)C1CCCC1. The van der Waals surface area contributed by atoms with Crippen molar-refractivity contribution in [3.63, 3.8) is 0 Å². The van der Waals surface area contributed by atoms with Gasteiger partial charge in [0.05, 0.1) is 6.54 Å². The smallest absolute Gasteiger partial charge is 0.233 e. The van der Waals surface area contributed by atoms with Gasteiger partial charge in [0.15, 0.2) is 0 Å². The van der Waals surface area contributed by atoms with Crippen molar-refractivity contribution in [1.29, 1.82) is 0 Å². The molecule has 0 heterocycles. The van der Waals surface area contributed by atoms with Crippen LogP contribution in [0.3, 0.4) is 0 Å². The molecule has 1 aliphatic carbocycles. The summed E-state index contributed by atoms with van der Waals surface area (Å²) in [7, 11) is 0. The lowest BCUT2D eigenvalue weighted by Gasteiger charge is -2.19. The molecule has 2 N–H and O–H groups in total. The monoisotopic (exact) mass is 212 g/mol. The van der Waals surface area contributed by atoms with E-state index in [4.69, 9.17) is 0 Å². The molecule has 1 saturated carbocycles. The standard InChI is InChI=1S/C12H24N2O/c1-3-8-13-12(15)9-14-10(2)11-6-4-5-7-11/h10-11,14H,3-9H2,1-2H3,(H,13,15)/t10-/m1/s1. The highest BCUT2D eigenvalue weighted by atomic mass is 16.1. The van der Waals surface area contributed by atoms with Crippen LogP contribution in [0.5, 0.6) is 0 Å². The first kappa shape index (κ1) is 12.5. The van der Waals surface area contributed by atoms with Gasteiger partial charge in [0.1, 0.15) is 0 Å². The summed E-state index contributed by atoms with van der Waals surface area (Å²) in [6, 6.07) is 0.486. The van der Waals surface area contributed by atoms with E-state index in [2.05, 4.69) is 24.5 Å². The second-order valence-electron chi connectivity index (χ2n) is 4.56. The lowest BCUT2D eigenvalue weighted by Crippen LogP contribution is -2.40. The van der Waals surface area contributed by atoms with E-state index in [0.717, 1.165) is 18.9 Å². The van der Waals surface area contributed by atoms with Crippen molar-refractivity contribution in [3.8, 4) is 0 Å². The Balaban J connectivity index is 2.09. The second kappa shape index (κ2) is 6.83. The van der Waals surface area contributed by atoms with Crippen molar-refractivity contribution in [3.05, 3.63) is 0 Å². The maximum absolute atomic E-state index is 11.3. The van der Waals surface area contributed by atoms with Crippen LogP contribution in [0.4, 0.5) is 0 Å². The van der Waals surface area contributed by atoms with E-state index in [9.17, 15) is 4.79 Å². The third-order valence-corrected chi connectivity index (χ3v) is 3.26. The lowest BCUT2D eigenvalue weighted by molar-refractivity contribution is -0.120. The van der Waals surface area contributed by atoms with Crippen LogP contribution in [0.25, 0.3) is 0 Å². The zero-order valence-corrected chi connectivity index (χ0v) is 10.0. The molecule has 3 heteroatoms. The van der Waals surface area contributed by atoms with E-state index in [1.165, 1.54) is 25.7 Å². The number of rotatable bonds is 6. The minimum atomic E-state index is 0.127. The molecule has 0 spiro atoms. The molecule has 1 aliphatic rings. The van der Waals surface area contributed by atoms with E-state index in [1.807, 2.05) is 0 Å². The highest BCUT2D eigenvalue weighted by Gasteiger charge is 2.21. The molecular weight excluding hydrogens is 188 g/mol. The van der Waals surface area contributed by atoms with E-state index < -0.39 is 0 Å². The Morgan fingerprint density at radius 1 is 1.40 bits per heavy atom. The molecule has 88 valence electrons. The zero-order valence-electron chi connectivity index (χ0n) is 10.0. The summed E-state index contributed by atoms with van der Waals surface area (Å²) in [6.07, 6.45) is 6.37. The third kappa shape index (κ3) is 4.65. The van der Waals surface area contributed by atoms with Crippen LogP contribution in [-0.2, 0) is 4.79 Å². The van der Waals surface area contributed by atoms with Gasteiger partial charge in [-0.25, -0.2) is 0 Å². The van der Waals surface area contributed by atoms with Gasteiger partial charge in [0, 0.05) is 12.6 Å². The maximum atomic E-state index is 11.3. The van der Waals surface area contributed by atoms with Gasteiger partial charge in [-0.1, -0.05) is 19.8 Å². The summed E-state index contributed by atoms with van der Waals surface area (Å²) in [6.45, 7) is 5.52. The highest BCUT2D eigenvalue weighted by Crippen LogP contribution is 2.27. The number of amides is 1. The number of hydrogen-bond acceptors (Lipinski definition) is 2. The number of nitrogens with one attached hydrogen (secondary N) is 2. The van der Waals surface area contributed by atoms with Crippen molar-refractivity contribution < 1.29 is 4.79 Å². The molecular formula is C12H24N2O. The molecule has 3 nitrogen and oxygen atoms in total. The first-order valence-electron chi connectivity index (χ1n) is 6.24. The van der Waals surface area contributed by atoms with Gasteiger partial charge in [-0.05, 0) is 32.1 Å². The van der Waals surface area contributed by atoms with E-state index in [0.29, 0.717) is 12.6 Å². The van der Waals surface area contributed by atoms with Crippen molar-refractivity contribution in [2.75, 3.05) is 13.1 Å². The summed E-state index contributed by atoms with van der Waals surface area (Å²) < 4.78 is 0. The van der Waals surface area contributed by atoms with Crippen molar-refractivity contribution in [2.24, 2.45) is 5.92 Å². The van der Waals surface area contributed by atoms with E-state index in [1.54, 1.807) is 0 Å². The molecule has 0 unspecified atom stereocenters. The molecule has 0 radical (unpaired) electrons. The van der Waals surface area contributed by atoms with Crippen LogP contribution in [0, 0.1) is 5.92 Å². The van der Waals surface area contributed by atoms with Gasteiger partial charge >= 0.3 is 0 Å². The average Bonchev–Trinajstić information content (AvgIpc) is 2.76. The lowest BCUT2D eigenvalue weighted by atomic mass is 10.00. The Kier molecular flexibility index (Phi) is 5.69. The Morgan fingerprint density at radius 3 is 2.67 bits per heavy atom. The fourth-order valence-corrected chi connectivity index (χ4v) is 2.20. The fraction of sp³-hybridized carbons (Fsp3) is 0.917. The summed E-state index contributed by atoms with van der Waals surface area (Å²) in [5.41, 5.74) is 0. The molecule has 1 rings (SSSR count). The van der Waals surface area contributed by atoms with Crippen molar-refractivity contribution >= 4 is 5.91 Å². The maximum Gasteiger partial charge on any atom is 0.233 e. The average molecular weight is 212 g/mol.